The molecule has 0 atom stereocenters. The molecule has 2 rings (SSSR count). The lowest BCUT2D eigenvalue weighted by Gasteiger charge is -2.16. The molecule has 0 aromatic heterocycles. The van der Waals surface area contributed by atoms with Gasteiger partial charge in [-0.25, -0.2) is 0 Å². The lowest BCUT2D eigenvalue weighted by molar-refractivity contribution is -0.114. The highest BCUT2D eigenvalue weighted by molar-refractivity contribution is 6.54. The molecule has 0 aliphatic heterocycles. The number of amides is 2. The predicted molar refractivity (Wildman–Crippen MR) is 98.1 cm³/mol. The molecule has 0 fully saturated rings. The van der Waals surface area contributed by atoms with E-state index in [1.54, 1.807) is 24.3 Å². The topological polar surface area (TPSA) is 76.7 Å². The lowest BCUT2D eigenvalue weighted by atomic mass is 10.2. The Morgan fingerprint density at radius 2 is 1.44 bits per heavy atom. The summed E-state index contributed by atoms with van der Waals surface area (Å²) in [5.74, 6) is -0.267. The Hall–Kier alpha value is -2.44. The molecular weight excluding hydrogens is 367 g/mol. The highest BCUT2D eigenvalue weighted by atomic mass is 35.5. The molecule has 132 valence electrons. The van der Waals surface area contributed by atoms with Crippen molar-refractivity contribution in [3.63, 3.8) is 0 Å². The summed E-state index contributed by atoms with van der Waals surface area (Å²) in [7, 11) is 2.87. The zero-order chi connectivity index (χ0) is 18.4. The van der Waals surface area contributed by atoms with Crippen LogP contribution < -0.4 is 20.1 Å². The van der Waals surface area contributed by atoms with Gasteiger partial charge in [0.2, 0.25) is 0 Å². The van der Waals surface area contributed by atoms with Crippen LogP contribution in [0.15, 0.2) is 42.5 Å². The van der Waals surface area contributed by atoms with Crippen LogP contribution in [0.5, 0.6) is 11.5 Å². The van der Waals surface area contributed by atoms with Crippen LogP contribution in [-0.4, -0.2) is 30.9 Å². The summed E-state index contributed by atoms with van der Waals surface area (Å²) in [6.07, 6.45) is 0. The van der Waals surface area contributed by atoms with Gasteiger partial charge in [0.25, 0.3) is 11.8 Å². The molecule has 0 bridgehead atoms. The van der Waals surface area contributed by atoms with Gasteiger partial charge in [-0.15, -0.1) is 0 Å². The van der Waals surface area contributed by atoms with Gasteiger partial charge in [-0.1, -0.05) is 41.4 Å². The van der Waals surface area contributed by atoms with Crippen LogP contribution in [-0.2, 0) is 4.79 Å². The Kier molecular flexibility index (Phi) is 6.50. The van der Waals surface area contributed by atoms with E-state index in [0.717, 1.165) is 0 Å². The molecule has 0 saturated heterocycles. The molecule has 0 spiro atoms. The number of hydrogen-bond donors (Lipinski definition) is 2. The second-order valence-corrected chi connectivity index (χ2v) is 5.96. The smallest absolute Gasteiger partial charge is 0.257 e. The first-order chi connectivity index (χ1) is 12.0. The van der Waals surface area contributed by atoms with Crippen LogP contribution in [0.3, 0.4) is 0 Å². The van der Waals surface area contributed by atoms with Crippen LogP contribution in [0.4, 0.5) is 11.4 Å². The maximum atomic E-state index is 12.3. The number of benzene rings is 2. The minimum atomic E-state index is -1.23. The van der Waals surface area contributed by atoms with Crippen LogP contribution in [0, 0.1) is 0 Å². The van der Waals surface area contributed by atoms with Crippen LogP contribution in [0.25, 0.3) is 0 Å². The third-order valence-corrected chi connectivity index (χ3v) is 3.66. The Bertz CT molecular complexity index is 767. The van der Waals surface area contributed by atoms with E-state index >= 15 is 0 Å². The minimum Gasteiger partial charge on any atom is -0.494 e. The largest absolute Gasteiger partial charge is 0.494 e. The average molecular weight is 383 g/mol. The van der Waals surface area contributed by atoms with Crippen LogP contribution in [0.1, 0.15) is 10.4 Å². The Labute approximate surface area is 155 Å². The standard InChI is InChI=1S/C17H16Cl2N2O4/c1-24-13-9-12(21-17(23)15(18)19)14(25-2)8-11(13)20-16(22)10-6-4-3-5-7-10/h3-9,15H,1-2H3,(H,20,22)(H,21,23). The number of rotatable bonds is 6. The zero-order valence-electron chi connectivity index (χ0n) is 13.5. The molecule has 0 unspecified atom stereocenters. The Morgan fingerprint density at radius 1 is 0.920 bits per heavy atom. The first kappa shape index (κ1) is 18.9. The third kappa shape index (κ3) is 4.78. The van der Waals surface area contributed by atoms with Crippen molar-refractivity contribution in [3.05, 3.63) is 48.0 Å². The second kappa shape index (κ2) is 8.60. The van der Waals surface area contributed by atoms with Crippen molar-refractivity contribution < 1.29 is 19.1 Å². The van der Waals surface area contributed by atoms with E-state index < -0.39 is 10.7 Å². The summed E-state index contributed by atoms with van der Waals surface area (Å²) in [6, 6.07) is 11.8. The van der Waals surface area contributed by atoms with E-state index in [0.29, 0.717) is 28.4 Å². The highest BCUT2D eigenvalue weighted by Crippen LogP contribution is 2.37. The molecular formula is C17H16Cl2N2O4. The van der Waals surface area contributed by atoms with Gasteiger partial charge in [0.05, 0.1) is 25.6 Å². The number of methoxy groups -OCH3 is 2. The molecule has 2 aromatic carbocycles. The van der Waals surface area contributed by atoms with Gasteiger partial charge in [0.1, 0.15) is 11.5 Å². The number of hydrogen-bond acceptors (Lipinski definition) is 4. The predicted octanol–water partition coefficient (Wildman–Crippen LogP) is 3.70. The minimum absolute atomic E-state index is 0.306. The van der Waals surface area contributed by atoms with E-state index in [1.807, 2.05) is 6.07 Å². The third-order valence-electron chi connectivity index (χ3n) is 3.26. The number of carbonyl (C=O) groups is 2. The molecule has 0 radical (unpaired) electrons. The molecule has 0 heterocycles. The van der Waals surface area contributed by atoms with Gasteiger partial charge in [-0.2, -0.15) is 0 Å². The normalized spacial score (nSPS) is 10.3. The van der Waals surface area contributed by atoms with E-state index in [-0.39, 0.29) is 5.91 Å². The highest BCUT2D eigenvalue weighted by Gasteiger charge is 2.18. The Morgan fingerprint density at radius 3 is 1.92 bits per heavy atom. The van der Waals surface area contributed by atoms with Crippen molar-refractivity contribution in [2.45, 2.75) is 4.84 Å². The lowest BCUT2D eigenvalue weighted by Crippen LogP contribution is -2.19. The first-order valence-electron chi connectivity index (χ1n) is 7.17. The second-order valence-electron chi connectivity index (χ2n) is 4.86. The van der Waals surface area contributed by atoms with Gasteiger partial charge in [0.15, 0.2) is 4.84 Å². The fourth-order valence-electron chi connectivity index (χ4n) is 2.06. The van der Waals surface area contributed by atoms with Gasteiger partial charge < -0.3 is 20.1 Å². The van der Waals surface area contributed by atoms with Crippen molar-refractivity contribution in [2.75, 3.05) is 24.9 Å². The number of anilines is 2. The summed E-state index contributed by atoms with van der Waals surface area (Å²) in [5.41, 5.74) is 1.20. The summed E-state index contributed by atoms with van der Waals surface area (Å²) in [4.78, 5) is 22.8. The molecule has 6 nitrogen and oxygen atoms in total. The van der Waals surface area contributed by atoms with Gasteiger partial charge in [-0.05, 0) is 12.1 Å². The van der Waals surface area contributed by atoms with Crippen molar-refractivity contribution in [2.24, 2.45) is 0 Å². The van der Waals surface area contributed by atoms with Gasteiger partial charge >= 0.3 is 0 Å². The summed E-state index contributed by atoms with van der Waals surface area (Å²) < 4.78 is 10.5. The zero-order valence-corrected chi connectivity index (χ0v) is 15.0. The first-order valence-corrected chi connectivity index (χ1v) is 8.05. The number of carbonyl (C=O) groups excluding carboxylic acids is 2. The van der Waals surface area contributed by atoms with Crippen LogP contribution >= 0.6 is 23.2 Å². The van der Waals surface area contributed by atoms with Crippen molar-refractivity contribution in [1.82, 2.24) is 0 Å². The molecule has 0 aliphatic rings. The van der Waals surface area contributed by atoms with E-state index in [9.17, 15) is 9.59 Å². The number of halogens is 2. The summed E-state index contributed by atoms with van der Waals surface area (Å²) in [6.45, 7) is 0. The molecule has 2 aromatic rings. The monoisotopic (exact) mass is 382 g/mol. The maximum Gasteiger partial charge on any atom is 0.257 e. The molecule has 25 heavy (non-hydrogen) atoms. The van der Waals surface area contributed by atoms with Crippen molar-refractivity contribution in [3.8, 4) is 11.5 Å². The number of ether oxygens (including phenoxy) is 2. The van der Waals surface area contributed by atoms with Gasteiger partial charge in [0, 0.05) is 17.7 Å². The van der Waals surface area contributed by atoms with Crippen molar-refractivity contribution >= 4 is 46.4 Å². The van der Waals surface area contributed by atoms with Crippen LogP contribution in [0.2, 0.25) is 0 Å². The average Bonchev–Trinajstić information content (AvgIpc) is 2.62. The number of nitrogens with one attached hydrogen (secondary N) is 2. The van der Waals surface area contributed by atoms with Crippen molar-refractivity contribution in [1.29, 1.82) is 0 Å². The molecule has 2 amide bonds. The Balaban J connectivity index is 2.32. The summed E-state index contributed by atoms with van der Waals surface area (Å²) in [5, 5.41) is 5.27. The van der Waals surface area contributed by atoms with E-state index in [4.69, 9.17) is 32.7 Å². The molecule has 2 N–H and O–H groups in total. The van der Waals surface area contributed by atoms with E-state index in [1.165, 1.54) is 26.4 Å². The SMILES string of the molecule is COc1cc(NC(=O)C(Cl)Cl)c(OC)cc1NC(=O)c1ccccc1. The molecule has 8 heteroatoms. The molecule has 0 aliphatic carbocycles. The maximum absolute atomic E-state index is 12.3. The van der Waals surface area contributed by atoms with Gasteiger partial charge in [-0.3, -0.25) is 9.59 Å². The fraction of sp³-hybridized carbons (Fsp3) is 0.176. The number of alkyl halides is 2. The summed E-state index contributed by atoms with van der Waals surface area (Å²) >= 11 is 11.1. The van der Waals surface area contributed by atoms with E-state index in [2.05, 4.69) is 10.6 Å². The molecule has 0 saturated carbocycles. The fourth-order valence-corrected chi connectivity index (χ4v) is 2.17. The quantitative estimate of drug-likeness (QED) is 0.746.